The maximum atomic E-state index is 16.1. The van der Waals surface area contributed by atoms with Gasteiger partial charge in [0.15, 0.2) is 11.0 Å². The average molecular weight is 671 g/mol. The van der Waals surface area contributed by atoms with Crippen molar-refractivity contribution in [2.75, 3.05) is 25.2 Å². The van der Waals surface area contributed by atoms with Gasteiger partial charge in [0, 0.05) is 35.3 Å². The molecule has 46 heavy (non-hydrogen) atoms. The predicted molar refractivity (Wildman–Crippen MR) is 167 cm³/mol. The molecule has 4 atom stereocenters. The van der Waals surface area contributed by atoms with Crippen LogP contribution in [0.15, 0.2) is 85.1 Å². The SMILES string of the molecule is O=C1Nc2cc(Cl)c(F)cc2[C@@]12[C@@H](c1ccnc(Cl)c1F)CN([C@H](c1ccccc1)[C@@H](O)c1ccccc1)C21CC(CF)(CF)C1. The van der Waals surface area contributed by atoms with E-state index < -0.39 is 70.5 Å². The van der Waals surface area contributed by atoms with Gasteiger partial charge in [-0.05, 0) is 53.3 Å². The van der Waals surface area contributed by atoms with Crippen LogP contribution in [0.5, 0.6) is 0 Å². The van der Waals surface area contributed by atoms with Crippen molar-refractivity contribution in [2.24, 2.45) is 5.41 Å². The summed E-state index contributed by atoms with van der Waals surface area (Å²) in [4.78, 5) is 20.4. The number of aliphatic hydroxyl groups is 1. The van der Waals surface area contributed by atoms with Gasteiger partial charge in [-0.15, -0.1) is 0 Å². The van der Waals surface area contributed by atoms with Gasteiger partial charge in [0.1, 0.15) is 11.2 Å². The summed E-state index contributed by atoms with van der Waals surface area (Å²) in [7, 11) is 0. The molecule has 0 unspecified atom stereocenters. The number of hydrogen-bond donors (Lipinski definition) is 2. The van der Waals surface area contributed by atoms with Gasteiger partial charge in [0.2, 0.25) is 5.91 Å². The largest absolute Gasteiger partial charge is 0.386 e. The third kappa shape index (κ3) is 4.28. The molecule has 4 aromatic rings. The van der Waals surface area contributed by atoms with Crippen LogP contribution in [0.4, 0.5) is 23.2 Å². The summed E-state index contributed by atoms with van der Waals surface area (Å²) in [6, 6.07) is 21.0. The molecule has 2 fully saturated rings. The molecular formula is C35H29Cl2F4N3O2. The highest BCUT2D eigenvalue weighted by molar-refractivity contribution is 6.31. The lowest BCUT2D eigenvalue weighted by molar-refractivity contribution is -0.157. The molecular weight excluding hydrogens is 641 g/mol. The minimum absolute atomic E-state index is 0.0410. The van der Waals surface area contributed by atoms with Crippen LogP contribution < -0.4 is 5.32 Å². The number of anilines is 1. The second kappa shape index (κ2) is 11.3. The Bertz CT molecular complexity index is 1800. The van der Waals surface area contributed by atoms with E-state index in [0.29, 0.717) is 11.1 Å². The number of fused-ring (bicyclic) bond motifs is 3. The van der Waals surface area contributed by atoms with Crippen LogP contribution in [0.2, 0.25) is 10.2 Å². The number of aromatic nitrogens is 1. The fourth-order valence-electron chi connectivity index (χ4n) is 8.51. The van der Waals surface area contributed by atoms with Crippen LogP contribution in [-0.2, 0) is 10.2 Å². The number of amides is 1. The third-order valence-corrected chi connectivity index (χ3v) is 10.9. The zero-order chi connectivity index (χ0) is 32.4. The number of hydrogen-bond acceptors (Lipinski definition) is 4. The Kier molecular flexibility index (Phi) is 7.67. The van der Waals surface area contributed by atoms with Crippen molar-refractivity contribution >= 4 is 34.8 Å². The van der Waals surface area contributed by atoms with Crippen LogP contribution in [0.1, 0.15) is 53.2 Å². The predicted octanol–water partition coefficient (Wildman–Crippen LogP) is 7.89. The van der Waals surface area contributed by atoms with Gasteiger partial charge in [0.25, 0.3) is 0 Å². The van der Waals surface area contributed by atoms with E-state index in [-0.39, 0.29) is 41.2 Å². The van der Waals surface area contributed by atoms with Crippen molar-refractivity contribution in [1.29, 1.82) is 0 Å². The van der Waals surface area contributed by atoms with Gasteiger partial charge in [-0.3, -0.25) is 18.5 Å². The Morgan fingerprint density at radius 3 is 2.22 bits per heavy atom. The van der Waals surface area contributed by atoms with Gasteiger partial charge in [-0.2, -0.15) is 0 Å². The fourth-order valence-corrected chi connectivity index (χ4v) is 8.84. The molecule has 1 amide bonds. The summed E-state index contributed by atoms with van der Waals surface area (Å²) in [6.07, 6.45) is -0.182. The van der Waals surface area contributed by atoms with Crippen molar-refractivity contribution in [3.63, 3.8) is 0 Å². The van der Waals surface area contributed by atoms with Crippen LogP contribution >= 0.6 is 23.2 Å². The molecule has 11 heteroatoms. The van der Waals surface area contributed by atoms with Crippen molar-refractivity contribution in [2.45, 2.75) is 41.9 Å². The topological polar surface area (TPSA) is 65.5 Å². The highest BCUT2D eigenvalue weighted by Crippen LogP contribution is 2.72. The highest BCUT2D eigenvalue weighted by Gasteiger charge is 2.78. The van der Waals surface area contributed by atoms with E-state index >= 15 is 8.78 Å². The maximum absolute atomic E-state index is 16.1. The summed E-state index contributed by atoms with van der Waals surface area (Å²) in [5.74, 6) is -3.29. The van der Waals surface area contributed by atoms with Crippen molar-refractivity contribution in [3.8, 4) is 0 Å². The molecule has 5 nitrogen and oxygen atoms in total. The number of nitrogens with one attached hydrogen (secondary N) is 1. The summed E-state index contributed by atoms with van der Waals surface area (Å²) < 4.78 is 61.0. The lowest BCUT2D eigenvalue weighted by Gasteiger charge is -2.63. The molecule has 1 aromatic heterocycles. The first-order chi connectivity index (χ1) is 22.1. The van der Waals surface area contributed by atoms with E-state index in [1.54, 1.807) is 24.3 Å². The standard InChI is InChI=1S/C35H29Cl2F4N3O2/c36-25-14-27-23(13-26(25)40)35(32(46)43-27)24(22-11-12-42-31(37)28(22)41)15-44(34(35)16-33(17-34,18-38)19-39)29(20-7-3-1-4-8-20)30(45)21-9-5-2-6-10-21/h1-14,24,29-30,45H,15-19H2,(H,43,46)/t24-,29-,30+,35-/m1/s1. The van der Waals surface area contributed by atoms with E-state index in [1.165, 1.54) is 18.3 Å². The quantitative estimate of drug-likeness (QED) is 0.155. The summed E-state index contributed by atoms with van der Waals surface area (Å²) in [5.41, 5.74) is -2.92. The smallest absolute Gasteiger partial charge is 0.237 e. The molecule has 2 spiro atoms. The van der Waals surface area contributed by atoms with Crippen molar-refractivity contribution in [1.82, 2.24) is 9.88 Å². The number of alkyl halides is 2. The van der Waals surface area contributed by atoms with Gasteiger partial charge in [-0.1, -0.05) is 83.9 Å². The average Bonchev–Trinajstić information content (AvgIpc) is 3.50. The minimum atomic E-state index is -1.77. The molecule has 1 aliphatic carbocycles. The number of pyridine rings is 1. The van der Waals surface area contributed by atoms with E-state index in [4.69, 9.17) is 23.2 Å². The number of aliphatic hydroxyl groups excluding tert-OH is 1. The Balaban J connectivity index is 1.55. The monoisotopic (exact) mass is 669 g/mol. The first-order valence-electron chi connectivity index (χ1n) is 14.9. The number of nitrogens with zero attached hydrogens (tertiary/aromatic N) is 2. The second-order valence-electron chi connectivity index (χ2n) is 12.6. The summed E-state index contributed by atoms with van der Waals surface area (Å²) in [6.45, 7) is -2.06. The Morgan fingerprint density at radius 2 is 1.59 bits per heavy atom. The summed E-state index contributed by atoms with van der Waals surface area (Å²) >= 11 is 12.3. The van der Waals surface area contributed by atoms with Gasteiger partial charge in [-0.25, -0.2) is 13.8 Å². The zero-order valence-corrected chi connectivity index (χ0v) is 25.9. The minimum Gasteiger partial charge on any atom is -0.386 e. The summed E-state index contributed by atoms with van der Waals surface area (Å²) in [5, 5.41) is 14.3. The van der Waals surface area contributed by atoms with E-state index in [2.05, 4.69) is 10.3 Å². The number of rotatable bonds is 7. The van der Waals surface area contributed by atoms with Gasteiger partial charge < -0.3 is 10.4 Å². The van der Waals surface area contributed by atoms with Gasteiger partial charge in [0.05, 0.1) is 30.5 Å². The van der Waals surface area contributed by atoms with Crippen LogP contribution in [0.3, 0.4) is 0 Å². The van der Waals surface area contributed by atoms with Crippen molar-refractivity contribution < 1.29 is 27.5 Å². The third-order valence-electron chi connectivity index (χ3n) is 10.3. The number of halogens is 6. The van der Waals surface area contributed by atoms with Crippen molar-refractivity contribution in [3.05, 3.63) is 129 Å². The normalized spacial score (nSPS) is 24.1. The highest BCUT2D eigenvalue weighted by atomic mass is 35.5. The molecule has 7 rings (SSSR count). The Hall–Kier alpha value is -3.50. The molecule has 3 heterocycles. The van der Waals surface area contributed by atoms with E-state index in [0.717, 1.165) is 6.07 Å². The molecule has 0 radical (unpaired) electrons. The molecule has 0 bridgehead atoms. The number of carbonyl (C=O) groups excluding carboxylic acids is 1. The molecule has 3 aromatic carbocycles. The molecule has 1 saturated heterocycles. The fraction of sp³-hybridized carbons (Fsp3) is 0.314. The number of carbonyl (C=O) groups is 1. The van der Waals surface area contributed by atoms with Gasteiger partial charge >= 0.3 is 0 Å². The molecule has 1 saturated carbocycles. The Morgan fingerprint density at radius 1 is 0.957 bits per heavy atom. The van der Waals surface area contributed by atoms with E-state index in [9.17, 15) is 18.7 Å². The van der Waals surface area contributed by atoms with Crippen LogP contribution in [0.25, 0.3) is 0 Å². The zero-order valence-electron chi connectivity index (χ0n) is 24.4. The molecule has 238 valence electrons. The second-order valence-corrected chi connectivity index (χ2v) is 13.4. The number of benzene rings is 3. The molecule has 2 N–H and O–H groups in total. The van der Waals surface area contributed by atoms with Crippen LogP contribution in [-0.4, -0.2) is 46.3 Å². The molecule has 2 aliphatic heterocycles. The van der Waals surface area contributed by atoms with Crippen LogP contribution in [0, 0.1) is 17.0 Å². The number of likely N-dealkylation sites (tertiary alicyclic amines) is 1. The lowest BCUT2D eigenvalue weighted by atomic mass is 9.45. The first-order valence-corrected chi connectivity index (χ1v) is 15.7. The lowest BCUT2D eigenvalue weighted by Crippen LogP contribution is -2.71. The Labute approximate surface area is 273 Å². The van der Waals surface area contributed by atoms with E-state index in [1.807, 2.05) is 41.3 Å². The maximum Gasteiger partial charge on any atom is 0.237 e. The molecule has 3 aliphatic rings. The first kappa shape index (κ1) is 31.1.